The van der Waals surface area contributed by atoms with E-state index in [-0.39, 0.29) is 23.5 Å². The maximum absolute atomic E-state index is 13.0. The van der Waals surface area contributed by atoms with Crippen LogP contribution in [-0.2, 0) is 14.8 Å². The van der Waals surface area contributed by atoms with E-state index in [1.54, 1.807) is 12.1 Å². The number of carbonyl (C=O) groups excluding carboxylic acids is 1. The summed E-state index contributed by atoms with van der Waals surface area (Å²) in [5.41, 5.74) is 6.14. The van der Waals surface area contributed by atoms with Crippen molar-refractivity contribution in [2.45, 2.75) is 87.5 Å². The number of nitrogens with two attached hydrogens (primary N) is 1. The van der Waals surface area contributed by atoms with Gasteiger partial charge in [-0.3, -0.25) is 4.79 Å². The normalized spacial score (nSPS) is 27.9. The van der Waals surface area contributed by atoms with Gasteiger partial charge in [0.05, 0.1) is 18.2 Å². The predicted octanol–water partition coefficient (Wildman–Crippen LogP) is 1.40. The first-order valence-electron chi connectivity index (χ1n) is 11.0. The number of rotatable bonds is 6. The highest BCUT2D eigenvalue weighted by molar-refractivity contribution is 7.89. The summed E-state index contributed by atoms with van der Waals surface area (Å²) < 4.78 is 27.3. The Hall–Kier alpha value is -1.55. The average Bonchev–Trinajstić information content (AvgIpc) is 2.89. The zero-order valence-corrected chi connectivity index (χ0v) is 18.4. The minimum absolute atomic E-state index is 0.0407. The summed E-state index contributed by atoms with van der Waals surface area (Å²) in [6.07, 6.45) is 7.95. The molecule has 1 aliphatic carbocycles. The molecule has 9 heteroatoms. The Kier molecular flexibility index (Phi) is 7.84. The monoisotopic (exact) mass is 438 g/mol. The maximum atomic E-state index is 13.0. The maximum Gasteiger partial charge on any atom is 0.260 e. The molecule has 8 nitrogen and oxygen atoms in total. The Labute approximate surface area is 179 Å². The van der Waals surface area contributed by atoms with Gasteiger partial charge in [0.15, 0.2) is 5.03 Å². The first kappa shape index (κ1) is 23.1. The van der Waals surface area contributed by atoms with Crippen molar-refractivity contribution >= 4 is 15.9 Å². The van der Waals surface area contributed by atoms with Gasteiger partial charge in [-0.25, -0.2) is 13.4 Å². The fourth-order valence-corrected chi connectivity index (χ4v) is 6.16. The number of aliphatic hydroxyl groups excluding tert-OH is 1. The van der Waals surface area contributed by atoms with Crippen LogP contribution in [0.5, 0.6) is 0 Å². The van der Waals surface area contributed by atoms with E-state index in [4.69, 9.17) is 5.73 Å². The van der Waals surface area contributed by atoms with Crippen molar-refractivity contribution in [3.8, 4) is 0 Å². The van der Waals surface area contributed by atoms with E-state index in [2.05, 4.69) is 10.3 Å². The predicted molar refractivity (Wildman–Crippen MR) is 114 cm³/mol. The molecule has 30 heavy (non-hydrogen) atoms. The molecule has 0 radical (unpaired) electrons. The Morgan fingerprint density at radius 3 is 2.67 bits per heavy atom. The van der Waals surface area contributed by atoms with Crippen LogP contribution in [0.15, 0.2) is 29.4 Å². The van der Waals surface area contributed by atoms with E-state index in [0.29, 0.717) is 25.2 Å². The number of amides is 1. The topological polar surface area (TPSA) is 126 Å². The molecule has 1 aromatic rings. The van der Waals surface area contributed by atoms with Crippen LogP contribution in [0, 0.1) is 5.92 Å². The SMILES string of the molecule is C[C@@H]1CC[C@H](NC(=O)[C@@H](N)CC2CCCCC2)[C@H](O)CN1S(=O)(=O)c1ccccn1. The zero-order chi connectivity index (χ0) is 21.7. The van der Waals surface area contributed by atoms with E-state index in [0.717, 1.165) is 12.8 Å². The lowest BCUT2D eigenvalue weighted by atomic mass is 9.85. The lowest BCUT2D eigenvalue weighted by Crippen LogP contribution is -2.52. The van der Waals surface area contributed by atoms with Crippen LogP contribution in [0.25, 0.3) is 0 Å². The van der Waals surface area contributed by atoms with Crippen molar-refractivity contribution in [3.05, 3.63) is 24.4 Å². The largest absolute Gasteiger partial charge is 0.390 e. The summed E-state index contributed by atoms with van der Waals surface area (Å²) >= 11 is 0. The number of nitrogens with one attached hydrogen (secondary N) is 1. The number of sulfonamides is 1. The van der Waals surface area contributed by atoms with Crippen molar-refractivity contribution < 1.29 is 18.3 Å². The highest BCUT2D eigenvalue weighted by atomic mass is 32.2. The molecule has 1 aromatic heterocycles. The van der Waals surface area contributed by atoms with Gasteiger partial charge in [0.2, 0.25) is 5.91 Å². The molecule has 3 rings (SSSR count). The molecule has 2 fully saturated rings. The number of hydrogen-bond acceptors (Lipinski definition) is 6. The van der Waals surface area contributed by atoms with Crippen molar-refractivity contribution in [2.75, 3.05) is 6.54 Å². The molecule has 2 aliphatic rings. The van der Waals surface area contributed by atoms with Crippen molar-refractivity contribution in [1.82, 2.24) is 14.6 Å². The Balaban J connectivity index is 1.62. The summed E-state index contributed by atoms with van der Waals surface area (Å²) in [5, 5.41) is 13.6. The standard InChI is InChI=1S/C21H34N4O4S/c1-15-10-11-18(24-21(27)17(22)13-16-7-3-2-4-8-16)19(26)14-25(15)30(28,29)20-9-5-6-12-23-20/h5-6,9,12,15-19,26H,2-4,7-8,10-11,13-14,22H2,1H3,(H,24,27)/t15-,17+,18+,19-/m1/s1. The van der Waals surface area contributed by atoms with Gasteiger partial charge in [0.1, 0.15) is 0 Å². The molecule has 0 aromatic carbocycles. The zero-order valence-electron chi connectivity index (χ0n) is 17.6. The summed E-state index contributed by atoms with van der Waals surface area (Å²) in [6, 6.07) is 3.28. The Morgan fingerprint density at radius 1 is 1.27 bits per heavy atom. The molecule has 1 aliphatic heterocycles. The molecule has 1 saturated heterocycles. The van der Waals surface area contributed by atoms with Crippen LogP contribution < -0.4 is 11.1 Å². The number of aliphatic hydroxyl groups is 1. The molecule has 0 bridgehead atoms. The van der Waals surface area contributed by atoms with E-state index in [1.807, 2.05) is 6.92 Å². The lowest BCUT2D eigenvalue weighted by molar-refractivity contribution is -0.124. The quantitative estimate of drug-likeness (QED) is 0.616. The van der Waals surface area contributed by atoms with Gasteiger partial charge in [-0.15, -0.1) is 0 Å². The molecule has 4 N–H and O–H groups in total. The third-order valence-electron chi connectivity index (χ3n) is 6.41. The van der Waals surface area contributed by atoms with Crippen molar-refractivity contribution in [3.63, 3.8) is 0 Å². The smallest absolute Gasteiger partial charge is 0.260 e. The van der Waals surface area contributed by atoms with Gasteiger partial charge in [0, 0.05) is 18.8 Å². The molecule has 2 heterocycles. The van der Waals surface area contributed by atoms with Gasteiger partial charge in [-0.05, 0) is 44.2 Å². The fraction of sp³-hybridized carbons (Fsp3) is 0.714. The average molecular weight is 439 g/mol. The second kappa shape index (κ2) is 10.2. The van der Waals surface area contributed by atoms with Crippen LogP contribution in [0.3, 0.4) is 0 Å². The van der Waals surface area contributed by atoms with Gasteiger partial charge >= 0.3 is 0 Å². The summed E-state index contributed by atoms with van der Waals surface area (Å²) in [6.45, 7) is 1.72. The van der Waals surface area contributed by atoms with Crippen molar-refractivity contribution in [1.29, 1.82) is 0 Å². The second-order valence-electron chi connectivity index (χ2n) is 8.70. The van der Waals surface area contributed by atoms with E-state index in [9.17, 15) is 18.3 Å². The van der Waals surface area contributed by atoms with Gasteiger partial charge < -0.3 is 16.2 Å². The third kappa shape index (κ3) is 5.57. The molecule has 168 valence electrons. The minimum Gasteiger partial charge on any atom is -0.390 e. The van der Waals surface area contributed by atoms with Crippen LogP contribution >= 0.6 is 0 Å². The van der Waals surface area contributed by atoms with Gasteiger partial charge in [-0.1, -0.05) is 38.2 Å². The molecular weight excluding hydrogens is 404 g/mol. The van der Waals surface area contributed by atoms with E-state index >= 15 is 0 Å². The Bertz CT molecular complexity index is 798. The number of β-amino-alcohol motifs (C(OH)–C–C–N with tert-alkyl or cyclic N) is 1. The van der Waals surface area contributed by atoms with Gasteiger partial charge in [0.25, 0.3) is 10.0 Å². The third-order valence-corrected chi connectivity index (χ3v) is 8.30. The molecule has 0 spiro atoms. The fourth-order valence-electron chi connectivity index (χ4n) is 4.55. The molecular formula is C21H34N4O4S. The highest BCUT2D eigenvalue weighted by Gasteiger charge is 2.38. The van der Waals surface area contributed by atoms with E-state index in [1.165, 1.54) is 35.8 Å². The van der Waals surface area contributed by atoms with Crippen LogP contribution in [0.1, 0.15) is 58.3 Å². The van der Waals surface area contributed by atoms with Gasteiger partial charge in [-0.2, -0.15) is 4.31 Å². The number of carbonyl (C=O) groups is 1. The Morgan fingerprint density at radius 2 is 2.00 bits per heavy atom. The van der Waals surface area contributed by atoms with Crippen LogP contribution in [-0.4, -0.2) is 59.5 Å². The summed E-state index contributed by atoms with van der Waals surface area (Å²) in [7, 11) is -3.83. The number of hydrogen-bond donors (Lipinski definition) is 3. The number of nitrogens with zero attached hydrogens (tertiary/aromatic N) is 2. The highest BCUT2D eigenvalue weighted by Crippen LogP contribution is 2.27. The number of aromatic nitrogens is 1. The minimum atomic E-state index is -3.83. The summed E-state index contributed by atoms with van der Waals surface area (Å²) in [5.74, 6) is 0.218. The molecule has 0 unspecified atom stereocenters. The molecule has 1 amide bonds. The lowest BCUT2D eigenvalue weighted by Gasteiger charge is -2.28. The molecule has 4 atom stereocenters. The van der Waals surface area contributed by atoms with Crippen LogP contribution in [0.2, 0.25) is 0 Å². The first-order chi connectivity index (χ1) is 14.3. The number of pyridine rings is 1. The van der Waals surface area contributed by atoms with Crippen molar-refractivity contribution in [2.24, 2.45) is 11.7 Å². The first-order valence-corrected chi connectivity index (χ1v) is 12.4. The second-order valence-corrected chi connectivity index (χ2v) is 10.5. The van der Waals surface area contributed by atoms with E-state index < -0.39 is 28.2 Å². The summed E-state index contributed by atoms with van der Waals surface area (Å²) in [4.78, 5) is 16.6. The van der Waals surface area contributed by atoms with Crippen LogP contribution in [0.4, 0.5) is 0 Å². The molecule has 1 saturated carbocycles.